The molecule has 0 saturated heterocycles. The van der Waals surface area contributed by atoms with E-state index in [0.29, 0.717) is 36.5 Å². The van der Waals surface area contributed by atoms with Crippen molar-refractivity contribution in [1.82, 2.24) is 20.4 Å². The summed E-state index contributed by atoms with van der Waals surface area (Å²) >= 11 is 0. The molecule has 0 aliphatic carbocycles. The van der Waals surface area contributed by atoms with Crippen molar-refractivity contribution in [3.05, 3.63) is 71.4 Å². The predicted molar refractivity (Wildman–Crippen MR) is 102 cm³/mol. The molecule has 0 unspecified atom stereocenters. The molecule has 29 heavy (non-hydrogen) atoms. The molecule has 2 aromatic carbocycles. The van der Waals surface area contributed by atoms with Crippen LogP contribution in [0.1, 0.15) is 40.9 Å². The molecule has 0 bridgehead atoms. The van der Waals surface area contributed by atoms with Crippen LogP contribution in [0, 0.1) is 5.82 Å². The molecule has 0 saturated carbocycles. The van der Waals surface area contributed by atoms with E-state index in [2.05, 4.69) is 15.5 Å². The number of fused-ring (bicyclic) bond motifs is 1. The average molecular weight is 394 g/mol. The minimum atomic E-state index is -0.365. The molecule has 7 nitrogen and oxygen atoms in total. The smallest absolute Gasteiger partial charge is 0.251 e. The molecule has 0 radical (unpaired) electrons. The van der Waals surface area contributed by atoms with Gasteiger partial charge in [-0.15, -0.1) is 0 Å². The van der Waals surface area contributed by atoms with Gasteiger partial charge in [0.15, 0.2) is 0 Å². The lowest BCUT2D eigenvalue weighted by molar-refractivity contribution is -0.129. The maximum atomic E-state index is 13.8. The van der Waals surface area contributed by atoms with E-state index in [1.807, 2.05) is 0 Å². The Kier molecular flexibility index (Phi) is 5.07. The molecule has 1 N–H and O–H groups in total. The largest absolute Gasteiger partial charge is 0.345 e. The van der Waals surface area contributed by atoms with Gasteiger partial charge in [-0.1, -0.05) is 23.4 Å². The molecule has 4 rings (SSSR count). The Bertz CT molecular complexity index is 1030. The molecule has 1 aliphatic rings. The van der Waals surface area contributed by atoms with E-state index in [-0.39, 0.29) is 23.7 Å². The minimum Gasteiger partial charge on any atom is -0.345 e. The summed E-state index contributed by atoms with van der Waals surface area (Å²) in [6.07, 6.45) is 1.79. The molecule has 3 aromatic rings. The van der Waals surface area contributed by atoms with Gasteiger partial charge in [0.1, 0.15) is 5.82 Å². The first kappa shape index (κ1) is 18.8. The number of aromatic nitrogens is 2. The second-order valence-electron chi connectivity index (χ2n) is 6.93. The molecule has 148 valence electrons. The second kappa shape index (κ2) is 7.83. The van der Waals surface area contributed by atoms with Gasteiger partial charge < -0.3 is 14.7 Å². The van der Waals surface area contributed by atoms with E-state index in [1.54, 1.807) is 35.2 Å². The highest BCUT2D eigenvalue weighted by Gasteiger charge is 2.25. The summed E-state index contributed by atoms with van der Waals surface area (Å²) in [7, 11) is 0. The van der Waals surface area contributed by atoms with E-state index >= 15 is 0 Å². The maximum absolute atomic E-state index is 13.8. The Labute approximate surface area is 166 Å². The number of hydrogen-bond acceptors (Lipinski definition) is 5. The van der Waals surface area contributed by atoms with E-state index in [9.17, 15) is 14.0 Å². The zero-order valence-corrected chi connectivity index (χ0v) is 15.8. The molecule has 1 atom stereocenters. The monoisotopic (exact) mass is 394 g/mol. The summed E-state index contributed by atoms with van der Waals surface area (Å²) in [5.41, 5.74) is 2.75. The van der Waals surface area contributed by atoms with E-state index < -0.39 is 0 Å². The third kappa shape index (κ3) is 4.01. The molecule has 8 heteroatoms. The number of nitrogens with zero attached hydrogens (tertiary/aromatic N) is 3. The first-order chi connectivity index (χ1) is 14.0. The van der Waals surface area contributed by atoms with Gasteiger partial charge in [-0.2, -0.15) is 4.98 Å². The second-order valence-corrected chi connectivity index (χ2v) is 6.93. The number of nitrogens with one attached hydrogen (secondary N) is 1. The molecule has 0 fully saturated rings. The van der Waals surface area contributed by atoms with Crippen molar-refractivity contribution in [3.8, 4) is 11.4 Å². The van der Waals surface area contributed by atoms with Crippen LogP contribution in [-0.2, 0) is 11.3 Å². The van der Waals surface area contributed by atoms with Crippen LogP contribution < -0.4 is 5.32 Å². The summed E-state index contributed by atoms with van der Waals surface area (Å²) in [4.78, 5) is 30.3. The Morgan fingerprint density at radius 2 is 2.00 bits per heavy atom. The van der Waals surface area contributed by atoms with Crippen LogP contribution in [-0.4, -0.2) is 33.4 Å². The summed E-state index contributed by atoms with van der Waals surface area (Å²) < 4.78 is 18.5. The summed E-state index contributed by atoms with van der Waals surface area (Å²) in [5.74, 6) is -0.247. The fraction of sp³-hybridized carbons (Fsp3) is 0.238. The van der Waals surface area contributed by atoms with Gasteiger partial charge in [-0.25, -0.2) is 4.39 Å². The molecule has 0 spiro atoms. The number of carbonyl (C=O) groups excluding carboxylic acids is 2. The Hall–Kier alpha value is -3.55. The fourth-order valence-electron chi connectivity index (χ4n) is 3.51. The quantitative estimate of drug-likeness (QED) is 0.738. The zero-order valence-electron chi connectivity index (χ0n) is 15.8. The SMILES string of the molecule is CC(=O)N1CC[C@H](NC(=O)c2ccc(-c3ncon3)cc2)c2ccc(F)cc2C1. The highest BCUT2D eigenvalue weighted by Crippen LogP contribution is 2.28. The van der Waals surface area contributed by atoms with Crippen molar-refractivity contribution in [1.29, 1.82) is 0 Å². The van der Waals surface area contributed by atoms with Crippen LogP contribution in [0.3, 0.4) is 0 Å². The summed E-state index contributed by atoms with van der Waals surface area (Å²) in [5, 5.41) is 6.78. The molecule has 1 aliphatic heterocycles. The molecule has 2 heterocycles. The number of halogens is 1. The lowest BCUT2D eigenvalue weighted by atomic mass is 9.98. The van der Waals surface area contributed by atoms with Crippen LogP contribution in [0.15, 0.2) is 53.4 Å². The number of hydrogen-bond donors (Lipinski definition) is 1. The molecular weight excluding hydrogens is 375 g/mol. The zero-order chi connectivity index (χ0) is 20.4. The van der Waals surface area contributed by atoms with Crippen LogP contribution in [0.25, 0.3) is 11.4 Å². The van der Waals surface area contributed by atoms with Gasteiger partial charge in [0.05, 0.1) is 6.04 Å². The first-order valence-electron chi connectivity index (χ1n) is 9.23. The van der Waals surface area contributed by atoms with Crippen molar-refractivity contribution in [2.75, 3.05) is 6.54 Å². The summed E-state index contributed by atoms with van der Waals surface area (Å²) in [6, 6.07) is 11.0. The van der Waals surface area contributed by atoms with Crippen molar-refractivity contribution < 1.29 is 18.5 Å². The van der Waals surface area contributed by atoms with Gasteiger partial charge in [-0.3, -0.25) is 9.59 Å². The first-order valence-corrected chi connectivity index (χ1v) is 9.23. The highest BCUT2D eigenvalue weighted by atomic mass is 19.1. The third-order valence-electron chi connectivity index (χ3n) is 5.05. The number of rotatable bonds is 3. The van der Waals surface area contributed by atoms with Crippen molar-refractivity contribution in [2.24, 2.45) is 0 Å². The van der Waals surface area contributed by atoms with Crippen molar-refractivity contribution in [3.63, 3.8) is 0 Å². The van der Waals surface area contributed by atoms with Crippen molar-refractivity contribution in [2.45, 2.75) is 25.9 Å². The van der Waals surface area contributed by atoms with Crippen molar-refractivity contribution >= 4 is 11.8 Å². The van der Waals surface area contributed by atoms with Crippen LogP contribution in [0.2, 0.25) is 0 Å². The van der Waals surface area contributed by atoms with Gasteiger partial charge in [0.25, 0.3) is 5.91 Å². The minimum absolute atomic E-state index is 0.0794. The average Bonchev–Trinajstić information content (AvgIpc) is 3.19. The highest BCUT2D eigenvalue weighted by molar-refractivity contribution is 5.94. The molecule has 1 aromatic heterocycles. The van der Waals surface area contributed by atoms with Gasteiger partial charge in [0, 0.05) is 31.1 Å². The topological polar surface area (TPSA) is 88.3 Å². The Morgan fingerprint density at radius 3 is 2.69 bits per heavy atom. The third-order valence-corrected chi connectivity index (χ3v) is 5.05. The Morgan fingerprint density at radius 1 is 1.21 bits per heavy atom. The predicted octanol–water partition coefficient (Wildman–Crippen LogP) is 3.10. The standard InChI is InChI=1S/C21H19FN4O3/c1-13(27)26-9-8-19(18-7-6-17(22)10-16(18)11-26)24-21(28)15-4-2-14(3-5-15)20-23-12-29-25-20/h2-7,10,12,19H,8-9,11H2,1H3,(H,24,28)/t19-/m0/s1. The van der Waals surface area contributed by atoms with Crippen LogP contribution in [0.5, 0.6) is 0 Å². The van der Waals surface area contributed by atoms with E-state index in [4.69, 9.17) is 4.52 Å². The van der Waals surface area contributed by atoms with Crippen LogP contribution >= 0.6 is 0 Å². The number of amides is 2. The molecular formula is C21H19FN4O3. The van der Waals surface area contributed by atoms with E-state index in [0.717, 1.165) is 11.1 Å². The maximum Gasteiger partial charge on any atom is 0.251 e. The molecule has 2 amide bonds. The van der Waals surface area contributed by atoms with Crippen LogP contribution in [0.4, 0.5) is 4.39 Å². The summed E-state index contributed by atoms with van der Waals surface area (Å²) in [6.45, 7) is 2.30. The number of carbonyl (C=O) groups is 2. The van der Waals surface area contributed by atoms with Gasteiger partial charge >= 0.3 is 0 Å². The lowest BCUT2D eigenvalue weighted by Crippen LogP contribution is -2.31. The normalized spacial score (nSPS) is 16.1. The Balaban J connectivity index is 1.55. The lowest BCUT2D eigenvalue weighted by Gasteiger charge is -2.19. The number of benzene rings is 2. The van der Waals surface area contributed by atoms with Gasteiger partial charge in [-0.05, 0) is 41.8 Å². The van der Waals surface area contributed by atoms with E-state index in [1.165, 1.54) is 25.5 Å². The fourth-order valence-corrected chi connectivity index (χ4v) is 3.51. The van der Waals surface area contributed by atoms with Gasteiger partial charge in [0.2, 0.25) is 18.1 Å².